The van der Waals surface area contributed by atoms with Gasteiger partial charge in [-0.3, -0.25) is 15.1 Å². The highest BCUT2D eigenvalue weighted by atomic mass is 79.9. The van der Waals surface area contributed by atoms with Crippen molar-refractivity contribution < 1.29 is 22.8 Å². The molecule has 0 heterocycles. The topological polar surface area (TPSA) is 64.7 Å². The number of aryl methyl sites for hydroxylation is 2. The van der Waals surface area contributed by atoms with E-state index in [2.05, 4.69) is 20.9 Å². The molecule has 0 aliphatic heterocycles. The lowest BCUT2D eigenvalue weighted by molar-refractivity contribution is -0.385. The Morgan fingerprint density at radius 2 is 1.74 bits per heavy atom. The zero-order chi connectivity index (χ0) is 22.8. The van der Waals surface area contributed by atoms with Crippen LogP contribution in [-0.4, -0.2) is 11.1 Å². The molecule has 0 aromatic heterocycles. The predicted octanol–water partition coefficient (Wildman–Crippen LogP) is 7.54. The smallest absolute Gasteiger partial charge is 0.416 e. The zero-order valence-corrected chi connectivity index (χ0v) is 18.0. The third-order valence-electron chi connectivity index (χ3n) is 4.37. The van der Waals surface area contributed by atoms with Gasteiger partial charge in [-0.25, -0.2) is 0 Å². The molecule has 0 aliphatic rings. The summed E-state index contributed by atoms with van der Waals surface area (Å²) in [6.07, 6.45) is -3.17. The monoisotopic (exact) mass is 492 g/mol. The van der Waals surface area contributed by atoms with Crippen LogP contribution in [0, 0.1) is 24.0 Å². The number of halogens is 4. The molecule has 0 bridgehead atoms. The van der Waals surface area contributed by atoms with Gasteiger partial charge in [0.2, 0.25) is 5.75 Å². The number of hydrogen-bond donors (Lipinski definition) is 0. The third-order valence-corrected chi connectivity index (χ3v) is 4.86. The van der Waals surface area contributed by atoms with Crippen LogP contribution in [0.3, 0.4) is 0 Å². The van der Waals surface area contributed by atoms with Crippen LogP contribution in [0.1, 0.15) is 22.3 Å². The number of hydrogen-bond acceptors (Lipinski definition) is 4. The number of benzene rings is 3. The minimum atomic E-state index is -4.70. The first kappa shape index (κ1) is 22.5. The van der Waals surface area contributed by atoms with E-state index in [0.29, 0.717) is 16.1 Å². The van der Waals surface area contributed by atoms with Crippen LogP contribution in [0.2, 0.25) is 0 Å². The number of rotatable bonds is 5. The van der Waals surface area contributed by atoms with E-state index in [1.54, 1.807) is 18.2 Å². The first-order chi connectivity index (χ1) is 14.5. The molecular formula is C22H16BrF3N2O3. The molecule has 0 N–H and O–H groups in total. The molecule has 0 aliphatic carbocycles. The van der Waals surface area contributed by atoms with Gasteiger partial charge in [-0.05, 0) is 55.8 Å². The maximum Gasteiger partial charge on any atom is 0.416 e. The van der Waals surface area contributed by atoms with Crippen molar-refractivity contribution in [3.63, 3.8) is 0 Å². The molecule has 0 saturated heterocycles. The van der Waals surface area contributed by atoms with Gasteiger partial charge in [0, 0.05) is 22.3 Å². The average molecular weight is 493 g/mol. The maximum atomic E-state index is 12.9. The first-order valence-corrected chi connectivity index (χ1v) is 9.78. The van der Waals surface area contributed by atoms with Crippen molar-refractivity contribution in [3.8, 4) is 11.5 Å². The van der Waals surface area contributed by atoms with E-state index in [0.717, 1.165) is 28.9 Å². The van der Waals surface area contributed by atoms with Crippen LogP contribution in [0.25, 0.3) is 0 Å². The summed E-state index contributed by atoms with van der Waals surface area (Å²) in [6, 6.07) is 12.8. The molecule has 9 heteroatoms. The van der Waals surface area contributed by atoms with Crippen LogP contribution >= 0.6 is 15.9 Å². The molecule has 5 nitrogen and oxygen atoms in total. The van der Waals surface area contributed by atoms with Gasteiger partial charge in [-0.1, -0.05) is 33.6 Å². The molecule has 0 atom stereocenters. The number of aliphatic imine (C=N–C) groups is 1. The molecule has 0 spiro atoms. The second kappa shape index (κ2) is 8.89. The SMILES string of the molecule is Cc1ccc(N=Cc2cc(Br)ccc2Oc2ccc(C(F)(F)F)cc2[N+](=O)[O-])c(C)c1. The molecule has 0 fully saturated rings. The van der Waals surface area contributed by atoms with Crippen LogP contribution in [0.5, 0.6) is 11.5 Å². The van der Waals surface area contributed by atoms with Crippen molar-refractivity contribution in [2.24, 2.45) is 4.99 Å². The Morgan fingerprint density at radius 3 is 2.39 bits per heavy atom. The van der Waals surface area contributed by atoms with Gasteiger partial charge in [-0.15, -0.1) is 0 Å². The summed E-state index contributed by atoms with van der Waals surface area (Å²) in [7, 11) is 0. The molecule has 0 unspecified atom stereocenters. The van der Waals surface area contributed by atoms with E-state index in [9.17, 15) is 23.3 Å². The molecule has 3 aromatic rings. The summed E-state index contributed by atoms with van der Waals surface area (Å²) in [6.45, 7) is 3.89. The number of alkyl halides is 3. The lowest BCUT2D eigenvalue weighted by Gasteiger charge is -2.12. The van der Waals surface area contributed by atoms with Crippen LogP contribution in [0.15, 0.2) is 64.1 Å². The Kier molecular flexibility index (Phi) is 6.45. The molecule has 0 saturated carbocycles. The lowest BCUT2D eigenvalue weighted by atomic mass is 10.1. The van der Waals surface area contributed by atoms with Crippen molar-refractivity contribution in [1.82, 2.24) is 0 Å². The second-order valence-corrected chi connectivity index (χ2v) is 7.69. The van der Waals surface area contributed by atoms with Crippen LogP contribution in [0.4, 0.5) is 24.5 Å². The molecule has 0 radical (unpaired) electrons. The molecular weight excluding hydrogens is 477 g/mol. The van der Waals surface area contributed by atoms with Crippen molar-refractivity contribution in [2.45, 2.75) is 20.0 Å². The van der Waals surface area contributed by atoms with Crippen molar-refractivity contribution in [3.05, 3.63) is 91.4 Å². The van der Waals surface area contributed by atoms with Crippen LogP contribution in [-0.2, 0) is 6.18 Å². The molecule has 0 amide bonds. The van der Waals surface area contributed by atoms with Gasteiger partial charge in [0.15, 0.2) is 0 Å². The minimum absolute atomic E-state index is 0.208. The summed E-state index contributed by atoms with van der Waals surface area (Å²) in [5, 5.41) is 11.3. The third kappa shape index (κ3) is 5.49. The van der Waals surface area contributed by atoms with E-state index in [1.807, 2.05) is 32.0 Å². The molecule has 3 aromatic carbocycles. The second-order valence-electron chi connectivity index (χ2n) is 6.77. The Morgan fingerprint density at radius 1 is 1.03 bits per heavy atom. The Hall–Kier alpha value is -3.20. The normalized spacial score (nSPS) is 11.7. The average Bonchev–Trinajstić information content (AvgIpc) is 2.68. The largest absolute Gasteiger partial charge is 0.449 e. The van der Waals surface area contributed by atoms with E-state index < -0.39 is 22.4 Å². The van der Waals surface area contributed by atoms with Crippen molar-refractivity contribution in [1.29, 1.82) is 0 Å². The van der Waals surface area contributed by atoms with Gasteiger partial charge in [0.05, 0.1) is 16.2 Å². The Bertz CT molecular complexity index is 1180. The number of nitro groups is 1. The van der Waals surface area contributed by atoms with Gasteiger partial charge < -0.3 is 4.74 Å². The van der Waals surface area contributed by atoms with E-state index in [1.165, 1.54) is 6.21 Å². The predicted molar refractivity (Wildman–Crippen MR) is 115 cm³/mol. The zero-order valence-electron chi connectivity index (χ0n) is 16.4. The highest BCUT2D eigenvalue weighted by molar-refractivity contribution is 9.10. The van der Waals surface area contributed by atoms with E-state index in [-0.39, 0.29) is 11.5 Å². The molecule has 31 heavy (non-hydrogen) atoms. The number of nitro benzene ring substituents is 1. The van der Waals surface area contributed by atoms with E-state index in [4.69, 9.17) is 4.74 Å². The fraction of sp³-hybridized carbons (Fsp3) is 0.136. The standard InChI is InChI=1S/C22H16BrF3N2O3/c1-13-3-6-18(14(2)9-13)27-12-15-10-17(23)5-8-20(15)31-21-7-4-16(22(24,25)26)11-19(21)28(29)30/h3-12H,1-2H3. The summed E-state index contributed by atoms with van der Waals surface area (Å²) < 4.78 is 45.1. The Balaban J connectivity index is 1.99. The maximum absolute atomic E-state index is 12.9. The first-order valence-electron chi connectivity index (χ1n) is 8.99. The van der Waals surface area contributed by atoms with Gasteiger partial charge in [0.25, 0.3) is 0 Å². The summed E-state index contributed by atoms with van der Waals surface area (Å²) in [5.74, 6) is -0.0962. The van der Waals surface area contributed by atoms with Gasteiger partial charge in [-0.2, -0.15) is 13.2 Å². The summed E-state index contributed by atoms with van der Waals surface area (Å²) >= 11 is 3.35. The summed E-state index contributed by atoms with van der Waals surface area (Å²) in [4.78, 5) is 14.9. The van der Waals surface area contributed by atoms with Gasteiger partial charge >= 0.3 is 11.9 Å². The Labute approximate surface area is 184 Å². The van der Waals surface area contributed by atoms with Crippen molar-refractivity contribution >= 4 is 33.5 Å². The number of nitrogens with zero attached hydrogens (tertiary/aromatic N) is 2. The molecule has 3 rings (SSSR count). The highest BCUT2D eigenvalue weighted by Crippen LogP contribution is 2.38. The minimum Gasteiger partial charge on any atom is -0.449 e. The summed E-state index contributed by atoms with van der Waals surface area (Å²) in [5.41, 5.74) is 1.37. The number of ether oxygens (including phenoxy) is 1. The van der Waals surface area contributed by atoms with Gasteiger partial charge in [0.1, 0.15) is 5.75 Å². The van der Waals surface area contributed by atoms with Crippen molar-refractivity contribution in [2.75, 3.05) is 0 Å². The molecule has 160 valence electrons. The highest BCUT2D eigenvalue weighted by Gasteiger charge is 2.33. The quantitative estimate of drug-likeness (QED) is 0.210. The van der Waals surface area contributed by atoms with Crippen LogP contribution < -0.4 is 4.74 Å². The van der Waals surface area contributed by atoms with E-state index >= 15 is 0 Å². The fourth-order valence-corrected chi connectivity index (χ4v) is 3.22. The lowest BCUT2D eigenvalue weighted by Crippen LogP contribution is -2.06. The fourth-order valence-electron chi connectivity index (χ4n) is 2.84.